The highest BCUT2D eigenvalue weighted by molar-refractivity contribution is 8.18. The molecule has 1 aliphatic heterocycles. The minimum absolute atomic E-state index is 0.0682. The van der Waals surface area contributed by atoms with Gasteiger partial charge in [-0.1, -0.05) is 12.1 Å². The highest BCUT2D eigenvalue weighted by atomic mass is 32.2. The van der Waals surface area contributed by atoms with E-state index < -0.39 is 21.2 Å². The molecule has 1 aromatic carbocycles. The van der Waals surface area contributed by atoms with Gasteiger partial charge in [-0.05, 0) is 35.5 Å². The number of nitrogens with one attached hydrogen (secondary N) is 2. The molecule has 0 atom stereocenters. The SMILES string of the molecule is O=C1NC(=O)/C(=C\c2cc3cncc(-c4ccc(S(=O)(=O)NCCO)cc4)c3o2)S1. The first-order valence-electron chi connectivity index (χ1n) is 8.71. The maximum absolute atomic E-state index is 12.2. The molecule has 0 unspecified atom stereocenters. The average Bonchev–Trinajstić information content (AvgIpc) is 3.28. The van der Waals surface area contributed by atoms with Crippen molar-refractivity contribution >= 4 is 50.0 Å². The Kier molecular flexibility index (Phi) is 5.43. The largest absolute Gasteiger partial charge is 0.456 e. The molecule has 3 heterocycles. The van der Waals surface area contributed by atoms with Gasteiger partial charge in [0.1, 0.15) is 11.3 Å². The van der Waals surface area contributed by atoms with Crippen molar-refractivity contribution in [3.05, 3.63) is 53.4 Å². The van der Waals surface area contributed by atoms with Crippen molar-refractivity contribution in [2.24, 2.45) is 0 Å². The second-order valence-corrected chi connectivity index (χ2v) is 9.03. The van der Waals surface area contributed by atoms with Gasteiger partial charge in [0.25, 0.3) is 11.1 Å². The summed E-state index contributed by atoms with van der Waals surface area (Å²) in [5, 5.41) is 11.2. The molecule has 2 aromatic heterocycles. The molecule has 0 radical (unpaired) electrons. The number of furan rings is 1. The van der Waals surface area contributed by atoms with Crippen LogP contribution in [0.15, 0.2) is 56.9 Å². The summed E-state index contributed by atoms with van der Waals surface area (Å²) in [5.41, 5.74) is 1.84. The van der Waals surface area contributed by atoms with Crippen LogP contribution in [0.5, 0.6) is 0 Å². The smallest absolute Gasteiger partial charge is 0.290 e. The van der Waals surface area contributed by atoms with Crippen molar-refractivity contribution < 1.29 is 27.5 Å². The van der Waals surface area contributed by atoms with Gasteiger partial charge in [-0.3, -0.25) is 19.9 Å². The minimum atomic E-state index is -3.71. The van der Waals surface area contributed by atoms with Crippen LogP contribution in [-0.4, -0.2) is 42.8 Å². The summed E-state index contributed by atoms with van der Waals surface area (Å²) < 4.78 is 32.5. The maximum Gasteiger partial charge on any atom is 0.290 e. The molecule has 2 amide bonds. The quantitative estimate of drug-likeness (QED) is 0.490. The number of carbonyl (C=O) groups is 2. The van der Waals surface area contributed by atoms with Gasteiger partial charge in [-0.25, -0.2) is 13.1 Å². The van der Waals surface area contributed by atoms with Crippen LogP contribution in [0.2, 0.25) is 0 Å². The van der Waals surface area contributed by atoms with Crippen LogP contribution < -0.4 is 10.0 Å². The number of carbonyl (C=O) groups excluding carboxylic acids is 2. The summed E-state index contributed by atoms with van der Waals surface area (Å²) >= 11 is 0.796. The molecule has 1 aliphatic rings. The number of hydrogen-bond donors (Lipinski definition) is 3. The van der Waals surface area contributed by atoms with Crippen molar-refractivity contribution in [3.63, 3.8) is 0 Å². The Hall–Kier alpha value is -2.99. The molecule has 0 spiro atoms. The fourth-order valence-electron chi connectivity index (χ4n) is 2.89. The molecule has 0 saturated carbocycles. The number of aliphatic hydroxyl groups is 1. The fourth-order valence-corrected chi connectivity index (χ4v) is 4.57. The molecular formula is C19H15N3O6S2. The van der Waals surface area contributed by atoms with E-state index >= 15 is 0 Å². The van der Waals surface area contributed by atoms with Gasteiger partial charge in [-0.2, -0.15) is 0 Å². The molecule has 11 heteroatoms. The van der Waals surface area contributed by atoms with Gasteiger partial charge in [0.2, 0.25) is 10.0 Å². The summed E-state index contributed by atoms with van der Waals surface area (Å²) in [6, 6.07) is 7.86. The van der Waals surface area contributed by atoms with E-state index in [0.29, 0.717) is 27.9 Å². The number of hydrogen-bond acceptors (Lipinski definition) is 8. The lowest BCUT2D eigenvalue weighted by Crippen LogP contribution is -2.26. The average molecular weight is 445 g/mol. The lowest BCUT2D eigenvalue weighted by molar-refractivity contribution is -0.115. The first-order chi connectivity index (χ1) is 14.4. The van der Waals surface area contributed by atoms with Crippen LogP contribution in [-0.2, 0) is 14.8 Å². The third kappa shape index (κ3) is 4.00. The summed E-state index contributed by atoms with van der Waals surface area (Å²) in [7, 11) is -3.71. The number of benzene rings is 1. The number of sulfonamides is 1. The minimum Gasteiger partial charge on any atom is -0.456 e. The van der Waals surface area contributed by atoms with E-state index in [1.54, 1.807) is 30.6 Å². The van der Waals surface area contributed by atoms with E-state index in [2.05, 4.69) is 15.0 Å². The summed E-state index contributed by atoms with van der Waals surface area (Å²) in [4.78, 5) is 27.5. The lowest BCUT2D eigenvalue weighted by Gasteiger charge is -2.07. The van der Waals surface area contributed by atoms with E-state index in [1.165, 1.54) is 18.2 Å². The van der Waals surface area contributed by atoms with Gasteiger partial charge in [-0.15, -0.1) is 0 Å². The number of aromatic nitrogens is 1. The second-order valence-electron chi connectivity index (χ2n) is 6.25. The van der Waals surface area contributed by atoms with E-state index in [0.717, 1.165) is 11.8 Å². The molecular weight excluding hydrogens is 430 g/mol. The van der Waals surface area contributed by atoms with Crippen LogP contribution in [0.4, 0.5) is 4.79 Å². The number of amides is 2. The molecule has 0 bridgehead atoms. The van der Waals surface area contributed by atoms with E-state index in [-0.39, 0.29) is 23.0 Å². The Balaban J connectivity index is 1.68. The zero-order valence-electron chi connectivity index (χ0n) is 15.3. The van der Waals surface area contributed by atoms with Crippen molar-refractivity contribution in [2.45, 2.75) is 4.90 Å². The maximum atomic E-state index is 12.2. The molecule has 30 heavy (non-hydrogen) atoms. The predicted molar refractivity (Wildman–Crippen MR) is 111 cm³/mol. The highest BCUT2D eigenvalue weighted by Crippen LogP contribution is 2.33. The van der Waals surface area contributed by atoms with Crippen LogP contribution in [0.1, 0.15) is 5.76 Å². The van der Waals surface area contributed by atoms with Crippen molar-refractivity contribution in [1.29, 1.82) is 0 Å². The molecule has 1 fully saturated rings. The number of rotatable bonds is 6. The van der Waals surface area contributed by atoms with Crippen LogP contribution in [0.3, 0.4) is 0 Å². The van der Waals surface area contributed by atoms with E-state index in [9.17, 15) is 18.0 Å². The Morgan fingerprint density at radius 2 is 1.97 bits per heavy atom. The van der Waals surface area contributed by atoms with Gasteiger partial charge in [0.15, 0.2) is 0 Å². The standard InChI is InChI=1S/C19H15N3O6S2/c23-6-5-21-30(26,27)14-3-1-11(2-4-14)15-10-20-9-12-7-13(28-17(12)15)8-16-18(24)22-19(25)29-16/h1-4,7-10,21,23H,5-6H2,(H,22,24,25)/b16-8+. The number of pyridine rings is 1. The van der Waals surface area contributed by atoms with Crippen molar-refractivity contribution in [3.8, 4) is 11.1 Å². The van der Waals surface area contributed by atoms with Gasteiger partial charge in [0, 0.05) is 36.0 Å². The number of fused-ring (bicyclic) bond motifs is 1. The van der Waals surface area contributed by atoms with E-state index in [1.807, 2.05) is 0 Å². The normalized spacial score (nSPS) is 15.8. The summed E-state index contributed by atoms with van der Waals surface area (Å²) in [5.74, 6) is -0.0885. The molecule has 0 aliphatic carbocycles. The zero-order chi connectivity index (χ0) is 21.3. The van der Waals surface area contributed by atoms with Crippen LogP contribution in [0, 0.1) is 0 Å². The van der Waals surface area contributed by atoms with E-state index in [4.69, 9.17) is 9.52 Å². The molecule has 3 aromatic rings. The van der Waals surface area contributed by atoms with Crippen molar-refractivity contribution in [1.82, 2.24) is 15.0 Å². The molecule has 9 nitrogen and oxygen atoms in total. The number of imide groups is 1. The van der Waals surface area contributed by atoms with Gasteiger partial charge < -0.3 is 9.52 Å². The zero-order valence-corrected chi connectivity index (χ0v) is 16.9. The Morgan fingerprint density at radius 3 is 2.63 bits per heavy atom. The third-order valence-electron chi connectivity index (χ3n) is 4.24. The number of aliphatic hydroxyl groups excluding tert-OH is 1. The number of nitrogens with zero attached hydrogens (tertiary/aromatic N) is 1. The topological polar surface area (TPSA) is 139 Å². The molecule has 154 valence electrons. The van der Waals surface area contributed by atoms with Gasteiger partial charge in [0.05, 0.1) is 16.4 Å². The molecule has 4 rings (SSSR count). The predicted octanol–water partition coefficient (Wildman–Crippen LogP) is 2.09. The second kappa shape index (κ2) is 8.03. The van der Waals surface area contributed by atoms with Crippen molar-refractivity contribution in [2.75, 3.05) is 13.2 Å². The lowest BCUT2D eigenvalue weighted by atomic mass is 10.1. The monoisotopic (exact) mass is 445 g/mol. The molecule has 3 N–H and O–H groups in total. The third-order valence-corrected chi connectivity index (χ3v) is 6.52. The summed E-state index contributed by atoms with van der Waals surface area (Å²) in [6.07, 6.45) is 4.68. The highest BCUT2D eigenvalue weighted by Gasteiger charge is 2.25. The first-order valence-corrected chi connectivity index (χ1v) is 11.0. The van der Waals surface area contributed by atoms with Crippen LogP contribution in [0.25, 0.3) is 28.2 Å². The Morgan fingerprint density at radius 1 is 1.20 bits per heavy atom. The summed E-state index contributed by atoms with van der Waals surface area (Å²) in [6.45, 7) is -0.365. The Labute approximate surface area is 175 Å². The first kappa shape index (κ1) is 20.3. The number of thioether (sulfide) groups is 1. The molecule has 1 saturated heterocycles. The fraction of sp³-hybridized carbons (Fsp3) is 0.105. The van der Waals surface area contributed by atoms with Gasteiger partial charge >= 0.3 is 0 Å². The Bertz CT molecular complexity index is 1280. The van der Waals surface area contributed by atoms with Crippen LogP contribution >= 0.6 is 11.8 Å².